The van der Waals surface area contributed by atoms with Gasteiger partial charge < -0.3 is 31.0 Å². The van der Waals surface area contributed by atoms with Crippen LogP contribution in [0.15, 0.2) is 42.6 Å². The quantitative estimate of drug-likeness (QED) is 0.278. The number of ether oxygens (including phenoxy) is 1. The molecule has 0 saturated heterocycles. The van der Waals surface area contributed by atoms with Crippen molar-refractivity contribution in [2.45, 2.75) is 19.4 Å². The molecule has 27 heavy (non-hydrogen) atoms. The molecular formula is C18H23N3O6. The summed E-state index contributed by atoms with van der Waals surface area (Å²) in [6.07, 6.45) is 1.02. The second kappa shape index (κ2) is 10.6. The Labute approximate surface area is 155 Å². The second-order valence-corrected chi connectivity index (χ2v) is 5.66. The average Bonchev–Trinajstić information content (AvgIpc) is 3.02. The average molecular weight is 377 g/mol. The van der Waals surface area contributed by atoms with Gasteiger partial charge in [-0.05, 0) is 18.6 Å². The number of nitrogens with two attached hydrogens (primary N) is 1. The number of carbonyl (C=O) groups excluding carboxylic acids is 1. The first-order valence-corrected chi connectivity index (χ1v) is 8.05. The molecule has 0 aliphatic rings. The van der Waals surface area contributed by atoms with E-state index in [2.05, 4.69) is 16.3 Å². The number of aromatic nitrogens is 1. The number of aromatic amines is 1. The van der Waals surface area contributed by atoms with Crippen molar-refractivity contribution in [3.8, 4) is 0 Å². The zero-order chi connectivity index (χ0) is 20.4. The Morgan fingerprint density at radius 1 is 1.30 bits per heavy atom. The van der Waals surface area contributed by atoms with Crippen LogP contribution in [-0.4, -0.2) is 52.4 Å². The number of carbonyl (C=O) groups is 3. The van der Waals surface area contributed by atoms with Crippen LogP contribution in [-0.2, 0) is 20.7 Å². The van der Waals surface area contributed by atoms with Gasteiger partial charge in [0.1, 0.15) is 12.6 Å². The third-order valence-electron chi connectivity index (χ3n) is 3.39. The lowest BCUT2D eigenvalue weighted by Crippen LogP contribution is -2.32. The number of H-pyrrole nitrogens is 1. The van der Waals surface area contributed by atoms with E-state index in [1.54, 1.807) is 0 Å². The van der Waals surface area contributed by atoms with Crippen LogP contribution in [0, 0.1) is 0 Å². The summed E-state index contributed by atoms with van der Waals surface area (Å²) >= 11 is 0. The lowest BCUT2D eigenvalue weighted by atomic mass is 10.1. The molecule has 1 heterocycles. The van der Waals surface area contributed by atoms with Crippen LogP contribution >= 0.6 is 0 Å². The third-order valence-corrected chi connectivity index (χ3v) is 3.39. The molecule has 0 bridgehead atoms. The minimum atomic E-state index is -1.14. The molecule has 146 valence electrons. The molecule has 9 heteroatoms. The van der Waals surface area contributed by atoms with Crippen molar-refractivity contribution in [2.24, 2.45) is 5.73 Å². The molecule has 0 spiro atoms. The zero-order valence-electron chi connectivity index (χ0n) is 14.9. The number of fused-ring (bicyclic) bond motifs is 1. The summed E-state index contributed by atoms with van der Waals surface area (Å²) in [5.74, 6) is -1.48. The second-order valence-electron chi connectivity index (χ2n) is 5.66. The molecule has 0 aliphatic carbocycles. The molecule has 1 amide bonds. The van der Waals surface area contributed by atoms with Gasteiger partial charge in [-0.2, -0.15) is 0 Å². The highest BCUT2D eigenvalue weighted by atomic mass is 16.5. The summed E-state index contributed by atoms with van der Waals surface area (Å²) in [7, 11) is 0. The molecule has 1 atom stereocenters. The molecule has 9 nitrogen and oxygen atoms in total. The number of rotatable bonds is 7. The van der Waals surface area contributed by atoms with E-state index in [0.717, 1.165) is 16.5 Å². The molecular weight excluding hydrogens is 354 g/mol. The van der Waals surface area contributed by atoms with Crippen molar-refractivity contribution in [3.05, 3.63) is 48.2 Å². The molecule has 0 fully saturated rings. The van der Waals surface area contributed by atoms with E-state index in [1.165, 1.54) is 6.92 Å². The molecule has 6 N–H and O–H groups in total. The predicted octanol–water partition coefficient (Wildman–Crippen LogP) is 1.50. The van der Waals surface area contributed by atoms with Crippen LogP contribution in [0.1, 0.15) is 12.5 Å². The van der Waals surface area contributed by atoms with E-state index in [-0.39, 0.29) is 13.2 Å². The van der Waals surface area contributed by atoms with Crippen LogP contribution in [0.4, 0.5) is 4.79 Å². The van der Waals surface area contributed by atoms with Gasteiger partial charge in [-0.15, -0.1) is 0 Å². The van der Waals surface area contributed by atoms with Crippen LogP contribution in [0.3, 0.4) is 0 Å². The first-order chi connectivity index (χ1) is 12.7. The van der Waals surface area contributed by atoms with Crippen molar-refractivity contribution in [1.29, 1.82) is 0 Å². The van der Waals surface area contributed by atoms with Gasteiger partial charge in [0.25, 0.3) is 0 Å². The fourth-order valence-corrected chi connectivity index (χ4v) is 2.05. The highest BCUT2D eigenvalue weighted by molar-refractivity contribution is 5.87. The highest BCUT2D eigenvalue weighted by Gasteiger charge is 2.14. The standard InChI is InChI=1S/C11H12N2O2.C7H11NO4/c12-9(11(14)15)5-7-6-13-10-4-2-1-3-8(7)10;1-5(2)6(9)12-4-3-8-7(10)11/h1-4,6,9,13H,5,12H2,(H,14,15);8H,1,3-4H2,2H3,(H,10,11)/t9-;/m0./s1. The van der Waals surface area contributed by atoms with Gasteiger partial charge in [0.05, 0.1) is 6.54 Å². The monoisotopic (exact) mass is 377 g/mol. The Morgan fingerprint density at radius 3 is 2.56 bits per heavy atom. The summed E-state index contributed by atoms with van der Waals surface area (Å²) in [5, 5.41) is 19.9. The number of benzene rings is 1. The lowest BCUT2D eigenvalue weighted by molar-refractivity contribution is -0.139. The van der Waals surface area contributed by atoms with Crippen LogP contribution < -0.4 is 11.1 Å². The van der Waals surface area contributed by atoms with Gasteiger partial charge in [-0.3, -0.25) is 4.79 Å². The van der Waals surface area contributed by atoms with E-state index >= 15 is 0 Å². The van der Waals surface area contributed by atoms with Gasteiger partial charge in [0, 0.05) is 29.1 Å². The molecule has 2 aromatic rings. The highest BCUT2D eigenvalue weighted by Crippen LogP contribution is 2.18. The SMILES string of the molecule is C=C(C)C(=O)OCCNC(=O)O.N[C@@H](Cc1c[nH]c2ccccc12)C(=O)O. The fraction of sp³-hybridized carbons (Fsp3) is 0.278. The van der Waals surface area contributed by atoms with E-state index in [0.29, 0.717) is 12.0 Å². The third kappa shape index (κ3) is 7.61. The summed E-state index contributed by atoms with van der Waals surface area (Å²) < 4.78 is 4.59. The zero-order valence-corrected chi connectivity index (χ0v) is 14.9. The summed E-state index contributed by atoms with van der Waals surface area (Å²) in [4.78, 5) is 34.3. The number of hydrogen-bond donors (Lipinski definition) is 5. The van der Waals surface area contributed by atoms with Crippen molar-refractivity contribution in [1.82, 2.24) is 10.3 Å². The van der Waals surface area contributed by atoms with Crippen molar-refractivity contribution >= 4 is 28.9 Å². The number of esters is 1. The smallest absolute Gasteiger partial charge is 0.404 e. The Hall–Kier alpha value is -3.33. The van der Waals surface area contributed by atoms with Crippen molar-refractivity contribution in [3.63, 3.8) is 0 Å². The van der Waals surface area contributed by atoms with E-state index < -0.39 is 24.1 Å². The minimum absolute atomic E-state index is 0.0258. The number of aliphatic carboxylic acids is 1. The number of hydrogen-bond acceptors (Lipinski definition) is 5. The minimum Gasteiger partial charge on any atom is -0.480 e. The number of carboxylic acid groups (broad SMARTS) is 2. The van der Waals surface area contributed by atoms with Gasteiger partial charge in [-0.25, -0.2) is 9.59 Å². The molecule has 1 aromatic heterocycles. The number of carboxylic acids is 1. The Bertz CT molecular complexity index is 814. The van der Waals surface area contributed by atoms with E-state index in [9.17, 15) is 14.4 Å². The van der Waals surface area contributed by atoms with E-state index in [4.69, 9.17) is 15.9 Å². The molecule has 1 aromatic carbocycles. The molecule has 0 aliphatic heterocycles. The van der Waals surface area contributed by atoms with Gasteiger partial charge in [-0.1, -0.05) is 24.8 Å². The normalized spacial score (nSPS) is 11.0. The fourth-order valence-electron chi connectivity index (χ4n) is 2.05. The van der Waals surface area contributed by atoms with Crippen LogP contribution in [0.2, 0.25) is 0 Å². The van der Waals surface area contributed by atoms with Gasteiger partial charge in [0.2, 0.25) is 0 Å². The number of nitrogens with one attached hydrogen (secondary N) is 2. The van der Waals surface area contributed by atoms with Gasteiger partial charge >= 0.3 is 18.0 Å². The topological polar surface area (TPSA) is 155 Å². The van der Waals surface area contributed by atoms with E-state index in [1.807, 2.05) is 35.8 Å². The maximum absolute atomic E-state index is 10.7. The Morgan fingerprint density at radius 2 is 1.96 bits per heavy atom. The largest absolute Gasteiger partial charge is 0.480 e. The summed E-state index contributed by atoms with van der Waals surface area (Å²) in [6, 6.07) is 6.91. The van der Waals surface area contributed by atoms with Crippen molar-refractivity contribution in [2.75, 3.05) is 13.2 Å². The molecule has 0 unspecified atom stereocenters. The Balaban J connectivity index is 0.000000279. The number of amides is 1. The van der Waals surface area contributed by atoms with Crippen molar-refractivity contribution < 1.29 is 29.3 Å². The van der Waals surface area contributed by atoms with Crippen LogP contribution in [0.25, 0.3) is 10.9 Å². The summed E-state index contributed by atoms with van der Waals surface area (Å²) in [6.45, 7) is 5.00. The first kappa shape index (κ1) is 21.7. The Kier molecular flexibility index (Phi) is 8.54. The molecule has 2 rings (SSSR count). The maximum Gasteiger partial charge on any atom is 0.404 e. The molecule has 0 radical (unpaired) electrons. The number of para-hydroxylation sites is 1. The lowest BCUT2D eigenvalue weighted by Gasteiger charge is -2.04. The van der Waals surface area contributed by atoms with Gasteiger partial charge in [0.15, 0.2) is 0 Å². The van der Waals surface area contributed by atoms with Crippen LogP contribution in [0.5, 0.6) is 0 Å². The first-order valence-electron chi connectivity index (χ1n) is 8.05. The molecule has 0 saturated carbocycles. The maximum atomic E-state index is 10.7. The summed E-state index contributed by atoms with van der Waals surface area (Å²) in [5.41, 5.74) is 7.73. The predicted molar refractivity (Wildman–Crippen MR) is 99.4 cm³/mol.